The second-order valence-corrected chi connectivity index (χ2v) is 5.34. The van der Waals surface area contributed by atoms with Crippen LogP contribution >= 0.6 is 0 Å². The molecule has 0 spiro atoms. The first-order valence-corrected chi connectivity index (χ1v) is 8.03. The Morgan fingerprint density at radius 2 is 1.44 bits per heavy atom. The average Bonchev–Trinajstić information content (AvgIpc) is 2.39. The first kappa shape index (κ1) is 17.9. The summed E-state index contributed by atoms with van der Waals surface area (Å²) in [4.78, 5) is 0. The van der Waals surface area contributed by atoms with E-state index in [4.69, 9.17) is 9.84 Å². The van der Waals surface area contributed by atoms with E-state index in [2.05, 4.69) is 13.8 Å². The highest BCUT2D eigenvalue weighted by Gasteiger charge is 2.07. The van der Waals surface area contributed by atoms with Crippen LogP contribution in [-0.4, -0.2) is 24.9 Å². The molecule has 0 aliphatic heterocycles. The molecule has 0 aromatic carbocycles. The predicted molar refractivity (Wildman–Crippen MR) is 78.9 cm³/mol. The van der Waals surface area contributed by atoms with Gasteiger partial charge < -0.3 is 9.84 Å². The molecule has 0 aromatic heterocycles. The zero-order valence-electron chi connectivity index (χ0n) is 12.6. The Morgan fingerprint density at radius 1 is 0.778 bits per heavy atom. The first-order valence-electron chi connectivity index (χ1n) is 8.03. The van der Waals surface area contributed by atoms with E-state index in [1.807, 2.05) is 0 Å². The number of hydrogen-bond acceptors (Lipinski definition) is 2. The molecule has 18 heavy (non-hydrogen) atoms. The monoisotopic (exact) mass is 258 g/mol. The van der Waals surface area contributed by atoms with Crippen molar-refractivity contribution in [2.45, 2.75) is 78.1 Å². The van der Waals surface area contributed by atoms with Crippen molar-refractivity contribution >= 4 is 0 Å². The lowest BCUT2D eigenvalue weighted by Gasteiger charge is -2.16. The van der Waals surface area contributed by atoms with Crippen molar-refractivity contribution in [2.24, 2.45) is 5.92 Å². The van der Waals surface area contributed by atoms with Gasteiger partial charge in [0.05, 0.1) is 13.2 Å². The largest absolute Gasteiger partial charge is 0.394 e. The number of ether oxygens (including phenoxy) is 1. The van der Waals surface area contributed by atoms with Crippen LogP contribution < -0.4 is 0 Å². The van der Waals surface area contributed by atoms with Crippen LogP contribution in [0.3, 0.4) is 0 Å². The standard InChI is InChI=1S/C16H34O2/c1-3-5-7-8-11-16(10-6-4-2)12-9-14-18-15-13-17/h16-17H,3-15H2,1-2H3. The highest BCUT2D eigenvalue weighted by Crippen LogP contribution is 2.22. The zero-order chi connectivity index (χ0) is 13.5. The van der Waals surface area contributed by atoms with E-state index in [0.717, 1.165) is 18.9 Å². The van der Waals surface area contributed by atoms with Crippen LogP contribution in [0.5, 0.6) is 0 Å². The molecule has 2 nitrogen and oxygen atoms in total. The molecule has 110 valence electrons. The third-order valence-electron chi connectivity index (χ3n) is 3.57. The Bertz CT molecular complexity index is 148. The molecule has 0 saturated carbocycles. The van der Waals surface area contributed by atoms with Gasteiger partial charge in [-0.15, -0.1) is 0 Å². The van der Waals surface area contributed by atoms with Gasteiger partial charge in [-0.2, -0.15) is 0 Å². The number of aliphatic hydroxyl groups excluding tert-OH is 1. The Kier molecular flexibility index (Phi) is 14.9. The van der Waals surface area contributed by atoms with Gasteiger partial charge in [0.2, 0.25) is 0 Å². The van der Waals surface area contributed by atoms with Crippen molar-refractivity contribution in [2.75, 3.05) is 19.8 Å². The van der Waals surface area contributed by atoms with Crippen LogP contribution in [0.25, 0.3) is 0 Å². The lowest BCUT2D eigenvalue weighted by atomic mass is 9.91. The minimum Gasteiger partial charge on any atom is -0.394 e. The third kappa shape index (κ3) is 12.4. The summed E-state index contributed by atoms with van der Waals surface area (Å²) in [7, 11) is 0. The molecule has 1 atom stereocenters. The second-order valence-electron chi connectivity index (χ2n) is 5.34. The number of hydrogen-bond donors (Lipinski definition) is 1. The van der Waals surface area contributed by atoms with Gasteiger partial charge in [-0.25, -0.2) is 0 Å². The summed E-state index contributed by atoms with van der Waals surface area (Å²) in [5.74, 6) is 0.902. The van der Waals surface area contributed by atoms with Gasteiger partial charge in [0.25, 0.3) is 0 Å². The minimum atomic E-state index is 0.149. The fraction of sp³-hybridized carbons (Fsp3) is 1.00. The highest BCUT2D eigenvalue weighted by molar-refractivity contribution is 4.60. The molecule has 0 radical (unpaired) electrons. The Morgan fingerprint density at radius 3 is 2.11 bits per heavy atom. The van der Waals surface area contributed by atoms with E-state index >= 15 is 0 Å². The van der Waals surface area contributed by atoms with Crippen molar-refractivity contribution < 1.29 is 9.84 Å². The molecule has 0 aliphatic carbocycles. The maximum absolute atomic E-state index is 8.63. The number of unbranched alkanes of at least 4 members (excludes halogenated alkanes) is 4. The summed E-state index contributed by atoms with van der Waals surface area (Å²) in [5.41, 5.74) is 0. The van der Waals surface area contributed by atoms with Crippen LogP contribution in [-0.2, 0) is 4.74 Å². The predicted octanol–water partition coefficient (Wildman–Crippen LogP) is 4.55. The van der Waals surface area contributed by atoms with Gasteiger partial charge in [0.15, 0.2) is 0 Å². The molecular formula is C16H34O2. The summed E-state index contributed by atoms with van der Waals surface area (Å²) < 4.78 is 5.33. The van der Waals surface area contributed by atoms with Crippen LogP contribution in [0.15, 0.2) is 0 Å². The van der Waals surface area contributed by atoms with Gasteiger partial charge in [0.1, 0.15) is 0 Å². The fourth-order valence-electron chi connectivity index (χ4n) is 2.43. The van der Waals surface area contributed by atoms with Gasteiger partial charge in [-0.1, -0.05) is 65.2 Å². The Hall–Kier alpha value is -0.0800. The Balaban J connectivity index is 3.56. The molecule has 2 heteroatoms. The third-order valence-corrected chi connectivity index (χ3v) is 3.57. The number of aliphatic hydroxyl groups is 1. The quantitative estimate of drug-likeness (QED) is 0.463. The molecule has 0 aliphatic rings. The maximum atomic E-state index is 8.63. The zero-order valence-corrected chi connectivity index (χ0v) is 12.6. The fourth-order valence-corrected chi connectivity index (χ4v) is 2.43. The molecule has 0 rings (SSSR count). The average molecular weight is 258 g/mol. The Labute approximate surface area is 114 Å². The molecule has 0 heterocycles. The van der Waals surface area contributed by atoms with Gasteiger partial charge in [0, 0.05) is 6.61 Å². The lowest BCUT2D eigenvalue weighted by molar-refractivity contribution is 0.0870. The van der Waals surface area contributed by atoms with Gasteiger partial charge in [-0.05, 0) is 18.8 Å². The normalized spacial score (nSPS) is 12.8. The summed E-state index contributed by atoms with van der Waals surface area (Å²) in [6, 6.07) is 0. The molecule has 1 N–H and O–H groups in total. The summed E-state index contributed by atoms with van der Waals surface area (Å²) in [6.07, 6.45) is 13.5. The maximum Gasteiger partial charge on any atom is 0.0697 e. The van der Waals surface area contributed by atoms with Crippen molar-refractivity contribution in [3.8, 4) is 0 Å². The van der Waals surface area contributed by atoms with Crippen molar-refractivity contribution in [3.63, 3.8) is 0 Å². The molecule has 1 unspecified atom stereocenters. The molecule has 0 amide bonds. The van der Waals surface area contributed by atoms with Crippen molar-refractivity contribution in [1.82, 2.24) is 0 Å². The van der Waals surface area contributed by atoms with Gasteiger partial charge >= 0.3 is 0 Å². The molecule has 0 bridgehead atoms. The highest BCUT2D eigenvalue weighted by atomic mass is 16.5. The molecule has 0 aromatic rings. The lowest BCUT2D eigenvalue weighted by Crippen LogP contribution is -2.05. The molecule has 0 saturated heterocycles. The summed E-state index contributed by atoms with van der Waals surface area (Å²) in [6.45, 7) is 6.01. The van der Waals surface area contributed by atoms with E-state index in [1.54, 1.807) is 0 Å². The topological polar surface area (TPSA) is 29.5 Å². The first-order chi connectivity index (χ1) is 8.85. The van der Waals surface area contributed by atoms with Crippen molar-refractivity contribution in [3.05, 3.63) is 0 Å². The molecule has 0 fully saturated rings. The minimum absolute atomic E-state index is 0.149. The summed E-state index contributed by atoms with van der Waals surface area (Å²) >= 11 is 0. The van der Waals surface area contributed by atoms with E-state index in [1.165, 1.54) is 57.8 Å². The van der Waals surface area contributed by atoms with Crippen LogP contribution in [0.4, 0.5) is 0 Å². The van der Waals surface area contributed by atoms with E-state index < -0.39 is 0 Å². The molecular weight excluding hydrogens is 224 g/mol. The van der Waals surface area contributed by atoms with Crippen LogP contribution in [0, 0.1) is 5.92 Å². The summed E-state index contributed by atoms with van der Waals surface area (Å²) in [5, 5.41) is 8.63. The van der Waals surface area contributed by atoms with E-state index in [-0.39, 0.29) is 6.61 Å². The van der Waals surface area contributed by atoms with Gasteiger partial charge in [-0.3, -0.25) is 0 Å². The van der Waals surface area contributed by atoms with Crippen molar-refractivity contribution in [1.29, 1.82) is 0 Å². The number of rotatable bonds is 14. The smallest absolute Gasteiger partial charge is 0.0697 e. The van der Waals surface area contributed by atoms with E-state index in [9.17, 15) is 0 Å². The van der Waals surface area contributed by atoms with Crippen LogP contribution in [0.1, 0.15) is 78.1 Å². The second kappa shape index (κ2) is 15.0. The SMILES string of the molecule is CCCCCCC(CCCC)CCCOCCO. The van der Waals surface area contributed by atoms with E-state index in [0.29, 0.717) is 6.61 Å². The van der Waals surface area contributed by atoms with Crippen LogP contribution in [0.2, 0.25) is 0 Å².